The fourth-order valence-corrected chi connectivity index (χ4v) is 2.50. The third-order valence-electron chi connectivity index (χ3n) is 3.78. The van der Waals surface area contributed by atoms with E-state index in [1.165, 1.54) is 5.56 Å². The summed E-state index contributed by atoms with van der Waals surface area (Å²) >= 11 is 0. The Balaban J connectivity index is 2.20. The van der Waals surface area contributed by atoms with Gasteiger partial charge in [0.2, 0.25) is 0 Å². The number of hydrogen-bond acceptors (Lipinski definition) is 4. The van der Waals surface area contributed by atoms with Crippen molar-refractivity contribution in [3.8, 4) is 0 Å². The molecule has 0 saturated carbocycles. The maximum Gasteiger partial charge on any atom is 0.134 e. The first-order valence-electron chi connectivity index (χ1n) is 7.27. The van der Waals surface area contributed by atoms with Crippen molar-refractivity contribution in [1.29, 1.82) is 0 Å². The van der Waals surface area contributed by atoms with Gasteiger partial charge in [0.1, 0.15) is 5.82 Å². The lowest BCUT2D eigenvalue weighted by Gasteiger charge is -2.19. The van der Waals surface area contributed by atoms with Crippen LogP contribution in [0.1, 0.15) is 19.4 Å². The number of fused-ring (bicyclic) bond motifs is 1. The van der Waals surface area contributed by atoms with Gasteiger partial charge in [0.05, 0.1) is 0 Å². The van der Waals surface area contributed by atoms with Crippen molar-refractivity contribution >= 4 is 22.3 Å². The van der Waals surface area contributed by atoms with Crippen LogP contribution in [0.4, 0.5) is 11.5 Å². The first-order chi connectivity index (χ1) is 9.67. The molecule has 0 amide bonds. The van der Waals surface area contributed by atoms with Crippen LogP contribution >= 0.6 is 0 Å². The second-order valence-electron chi connectivity index (χ2n) is 5.01. The molecule has 0 saturated heterocycles. The van der Waals surface area contributed by atoms with Crippen LogP contribution in [0.15, 0.2) is 24.4 Å². The molecule has 0 unspecified atom stereocenters. The molecular weight excluding hydrogens is 248 g/mol. The minimum atomic E-state index is 0.805. The van der Waals surface area contributed by atoms with E-state index >= 15 is 0 Å². The molecule has 0 radical (unpaired) electrons. The SMILES string of the molecule is CCN(CC)CCNc1nccc2c(N)ccc(C)c12. The number of pyridine rings is 1. The average molecular weight is 272 g/mol. The number of aryl methyl sites for hydroxylation is 1. The van der Waals surface area contributed by atoms with Crippen LogP contribution in [-0.4, -0.2) is 36.1 Å². The Labute approximate surface area is 121 Å². The maximum absolute atomic E-state index is 6.05. The van der Waals surface area contributed by atoms with Crippen molar-refractivity contribution in [2.45, 2.75) is 20.8 Å². The van der Waals surface area contributed by atoms with Gasteiger partial charge in [-0.05, 0) is 37.7 Å². The van der Waals surface area contributed by atoms with Crippen LogP contribution in [0.5, 0.6) is 0 Å². The van der Waals surface area contributed by atoms with Crippen molar-refractivity contribution in [1.82, 2.24) is 9.88 Å². The molecule has 0 bridgehead atoms. The summed E-state index contributed by atoms with van der Waals surface area (Å²) in [6.07, 6.45) is 1.82. The Morgan fingerprint density at radius 2 is 1.95 bits per heavy atom. The standard InChI is InChI=1S/C16H24N4/c1-4-20(5-2)11-10-19-16-15-12(3)6-7-14(17)13(15)8-9-18-16/h6-9H,4-5,10-11,17H2,1-3H3,(H,18,19). The summed E-state index contributed by atoms with van der Waals surface area (Å²) in [4.78, 5) is 6.86. The molecule has 108 valence electrons. The van der Waals surface area contributed by atoms with Crippen molar-refractivity contribution in [2.75, 3.05) is 37.2 Å². The molecule has 4 heteroatoms. The molecule has 0 atom stereocenters. The van der Waals surface area contributed by atoms with Gasteiger partial charge in [0, 0.05) is 35.7 Å². The van der Waals surface area contributed by atoms with E-state index < -0.39 is 0 Å². The van der Waals surface area contributed by atoms with Gasteiger partial charge in [0.25, 0.3) is 0 Å². The number of nitrogen functional groups attached to an aromatic ring is 1. The highest BCUT2D eigenvalue weighted by Crippen LogP contribution is 2.28. The molecule has 1 aromatic heterocycles. The summed E-state index contributed by atoms with van der Waals surface area (Å²) < 4.78 is 0. The van der Waals surface area contributed by atoms with Crippen molar-refractivity contribution in [3.63, 3.8) is 0 Å². The zero-order chi connectivity index (χ0) is 14.5. The third-order valence-corrected chi connectivity index (χ3v) is 3.78. The minimum Gasteiger partial charge on any atom is -0.398 e. The van der Waals surface area contributed by atoms with E-state index in [4.69, 9.17) is 5.73 Å². The van der Waals surface area contributed by atoms with E-state index in [0.29, 0.717) is 0 Å². The monoisotopic (exact) mass is 272 g/mol. The lowest BCUT2D eigenvalue weighted by molar-refractivity contribution is 0.316. The summed E-state index contributed by atoms with van der Waals surface area (Å²) in [7, 11) is 0. The molecule has 20 heavy (non-hydrogen) atoms. The number of nitrogens with one attached hydrogen (secondary N) is 1. The Morgan fingerprint density at radius 3 is 2.65 bits per heavy atom. The summed E-state index contributed by atoms with van der Waals surface area (Å²) in [5.74, 6) is 0.930. The maximum atomic E-state index is 6.05. The largest absolute Gasteiger partial charge is 0.398 e. The lowest BCUT2D eigenvalue weighted by atomic mass is 10.1. The number of likely N-dealkylation sites (N-methyl/N-ethyl adjacent to an activating group) is 1. The fourth-order valence-electron chi connectivity index (χ4n) is 2.50. The van der Waals surface area contributed by atoms with Crippen LogP contribution in [0.2, 0.25) is 0 Å². The summed E-state index contributed by atoms with van der Waals surface area (Å²) in [5.41, 5.74) is 8.06. The lowest BCUT2D eigenvalue weighted by Crippen LogP contribution is -2.28. The van der Waals surface area contributed by atoms with Gasteiger partial charge in [-0.25, -0.2) is 4.98 Å². The zero-order valence-corrected chi connectivity index (χ0v) is 12.6. The first-order valence-corrected chi connectivity index (χ1v) is 7.27. The summed E-state index contributed by atoms with van der Waals surface area (Å²) in [6, 6.07) is 5.99. The van der Waals surface area contributed by atoms with Gasteiger partial charge in [-0.2, -0.15) is 0 Å². The van der Waals surface area contributed by atoms with E-state index in [2.05, 4.69) is 42.0 Å². The molecule has 0 fully saturated rings. The number of rotatable bonds is 6. The third kappa shape index (κ3) is 3.02. The van der Waals surface area contributed by atoms with Crippen LogP contribution < -0.4 is 11.1 Å². The molecular formula is C16H24N4. The summed E-state index contributed by atoms with van der Waals surface area (Å²) in [6.45, 7) is 10.5. The van der Waals surface area contributed by atoms with E-state index in [9.17, 15) is 0 Å². The zero-order valence-electron chi connectivity index (χ0n) is 12.6. The van der Waals surface area contributed by atoms with Gasteiger partial charge in [0.15, 0.2) is 0 Å². The van der Waals surface area contributed by atoms with Crippen LogP contribution in [0, 0.1) is 6.92 Å². The Hall–Kier alpha value is -1.81. The number of benzene rings is 1. The van der Waals surface area contributed by atoms with Crippen LogP contribution in [0.3, 0.4) is 0 Å². The smallest absolute Gasteiger partial charge is 0.134 e. The Bertz CT molecular complexity index is 576. The Morgan fingerprint density at radius 1 is 1.20 bits per heavy atom. The van der Waals surface area contributed by atoms with E-state index in [0.717, 1.165) is 48.5 Å². The molecule has 0 spiro atoms. The van der Waals surface area contributed by atoms with Gasteiger partial charge >= 0.3 is 0 Å². The minimum absolute atomic E-state index is 0.805. The number of nitrogens with zero attached hydrogens (tertiary/aromatic N) is 2. The van der Waals surface area contributed by atoms with Crippen LogP contribution in [0.25, 0.3) is 10.8 Å². The van der Waals surface area contributed by atoms with Gasteiger partial charge in [-0.15, -0.1) is 0 Å². The van der Waals surface area contributed by atoms with Crippen molar-refractivity contribution in [2.24, 2.45) is 0 Å². The molecule has 0 aliphatic heterocycles. The molecule has 1 heterocycles. The molecule has 3 N–H and O–H groups in total. The quantitative estimate of drug-likeness (QED) is 0.794. The van der Waals surface area contributed by atoms with E-state index in [1.807, 2.05) is 18.3 Å². The normalized spacial score (nSPS) is 11.2. The van der Waals surface area contributed by atoms with E-state index in [1.54, 1.807) is 0 Å². The highest BCUT2D eigenvalue weighted by atomic mass is 15.1. The van der Waals surface area contributed by atoms with Crippen molar-refractivity contribution in [3.05, 3.63) is 30.0 Å². The van der Waals surface area contributed by atoms with Crippen LogP contribution in [-0.2, 0) is 0 Å². The number of aromatic nitrogens is 1. The van der Waals surface area contributed by atoms with Crippen molar-refractivity contribution < 1.29 is 0 Å². The number of anilines is 2. The van der Waals surface area contributed by atoms with E-state index in [-0.39, 0.29) is 0 Å². The number of nitrogens with two attached hydrogens (primary N) is 1. The molecule has 2 rings (SSSR count). The average Bonchev–Trinajstić information content (AvgIpc) is 2.47. The molecule has 0 aliphatic carbocycles. The second-order valence-corrected chi connectivity index (χ2v) is 5.01. The summed E-state index contributed by atoms with van der Waals surface area (Å²) in [5, 5.41) is 5.65. The first kappa shape index (κ1) is 14.6. The fraction of sp³-hybridized carbons (Fsp3) is 0.438. The number of hydrogen-bond donors (Lipinski definition) is 2. The predicted molar refractivity (Wildman–Crippen MR) is 87.2 cm³/mol. The highest BCUT2D eigenvalue weighted by molar-refractivity contribution is 6.01. The molecule has 1 aromatic carbocycles. The Kier molecular flexibility index (Phi) is 4.79. The second kappa shape index (κ2) is 6.57. The van der Waals surface area contributed by atoms with Gasteiger partial charge in [-0.1, -0.05) is 19.9 Å². The molecule has 0 aliphatic rings. The topological polar surface area (TPSA) is 54.2 Å². The highest BCUT2D eigenvalue weighted by Gasteiger charge is 2.07. The predicted octanol–water partition coefficient (Wildman–Crippen LogP) is 2.88. The molecule has 4 nitrogen and oxygen atoms in total. The van der Waals surface area contributed by atoms with Gasteiger partial charge in [-0.3, -0.25) is 0 Å². The van der Waals surface area contributed by atoms with Gasteiger partial charge < -0.3 is 16.0 Å². The molecule has 2 aromatic rings.